The molecule has 32 heavy (non-hydrogen) atoms. The van der Waals surface area contributed by atoms with E-state index in [2.05, 4.69) is 15.6 Å². The van der Waals surface area contributed by atoms with Crippen LogP contribution in [-0.2, 0) is 0 Å². The van der Waals surface area contributed by atoms with Crippen molar-refractivity contribution in [3.8, 4) is 17.2 Å². The summed E-state index contributed by atoms with van der Waals surface area (Å²) in [7, 11) is 1.59. The molecule has 0 saturated heterocycles. The second kappa shape index (κ2) is 8.82. The number of thiocarbonyl (C=S) groups is 1. The predicted molar refractivity (Wildman–Crippen MR) is 123 cm³/mol. The topological polar surface area (TPSA) is 120 Å². The van der Waals surface area contributed by atoms with Crippen LogP contribution in [0.2, 0.25) is 0 Å². The molecule has 1 aromatic heterocycles. The molecular formula is C22H16N4O5S. The number of nitrogens with zero attached hydrogens (tertiary/aromatic N) is 2. The zero-order valence-corrected chi connectivity index (χ0v) is 17.5. The number of hydrogen-bond acceptors (Lipinski definition) is 7. The molecule has 0 saturated carbocycles. The Morgan fingerprint density at radius 1 is 1.12 bits per heavy atom. The molecule has 0 radical (unpaired) electrons. The fourth-order valence-electron chi connectivity index (χ4n) is 3.02. The molecule has 160 valence electrons. The highest BCUT2D eigenvalue weighted by molar-refractivity contribution is 7.80. The van der Waals surface area contributed by atoms with Gasteiger partial charge in [0, 0.05) is 17.3 Å². The van der Waals surface area contributed by atoms with Crippen LogP contribution in [0.5, 0.6) is 5.75 Å². The second-order valence-corrected chi connectivity index (χ2v) is 7.02. The lowest BCUT2D eigenvalue weighted by Gasteiger charge is -2.09. The van der Waals surface area contributed by atoms with Crippen LogP contribution >= 0.6 is 12.2 Å². The lowest BCUT2D eigenvalue weighted by atomic mass is 10.1. The van der Waals surface area contributed by atoms with Crippen LogP contribution in [0, 0.1) is 10.1 Å². The summed E-state index contributed by atoms with van der Waals surface area (Å²) in [6, 6.07) is 18.1. The minimum absolute atomic E-state index is 0.00799. The van der Waals surface area contributed by atoms with Gasteiger partial charge in [0.25, 0.3) is 11.6 Å². The molecule has 2 N–H and O–H groups in total. The number of para-hydroxylation sites is 1. The van der Waals surface area contributed by atoms with Gasteiger partial charge in [-0.15, -0.1) is 0 Å². The number of benzene rings is 3. The number of rotatable bonds is 5. The molecule has 0 spiro atoms. The third-order valence-electron chi connectivity index (χ3n) is 4.55. The van der Waals surface area contributed by atoms with Crippen LogP contribution in [0.3, 0.4) is 0 Å². The van der Waals surface area contributed by atoms with Crippen molar-refractivity contribution in [3.63, 3.8) is 0 Å². The highest BCUT2D eigenvalue weighted by Gasteiger charge is 2.20. The Kier molecular flexibility index (Phi) is 5.77. The maximum absolute atomic E-state index is 12.4. The highest BCUT2D eigenvalue weighted by Crippen LogP contribution is 2.27. The van der Waals surface area contributed by atoms with E-state index in [1.54, 1.807) is 25.3 Å². The van der Waals surface area contributed by atoms with E-state index in [0.29, 0.717) is 22.7 Å². The predicted octanol–water partition coefficient (Wildman–Crippen LogP) is 4.54. The van der Waals surface area contributed by atoms with Crippen molar-refractivity contribution in [3.05, 3.63) is 82.4 Å². The van der Waals surface area contributed by atoms with Gasteiger partial charge in [-0.3, -0.25) is 20.2 Å². The summed E-state index contributed by atoms with van der Waals surface area (Å²) in [6.07, 6.45) is 0. The smallest absolute Gasteiger partial charge is 0.282 e. The van der Waals surface area contributed by atoms with Gasteiger partial charge in [0.2, 0.25) is 5.89 Å². The molecular weight excluding hydrogens is 432 g/mol. The van der Waals surface area contributed by atoms with Gasteiger partial charge < -0.3 is 14.5 Å². The quantitative estimate of drug-likeness (QED) is 0.259. The monoisotopic (exact) mass is 448 g/mol. The summed E-state index contributed by atoms with van der Waals surface area (Å²) in [5.41, 5.74) is 2.15. The number of oxazole rings is 1. The van der Waals surface area contributed by atoms with Gasteiger partial charge in [0.05, 0.1) is 12.0 Å². The number of nitro benzene ring substituents is 1. The van der Waals surface area contributed by atoms with Gasteiger partial charge in [0.15, 0.2) is 10.7 Å². The first-order valence-electron chi connectivity index (χ1n) is 9.35. The van der Waals surface area contributed by atoms with Gasteiger partial charge in [-0.25, -0.2) is 4.98 Å². The molecule has 4 aromatic rings. The summed E-state index contributed by atoms with van der Waals surface area (Å²) < 4.78 is 11.0. The summed E-state index contributed by atoms with van der Waals surface area (Å²) in [5, 5.41) is 16.4. The van der Waals surface area contributed by atoms with Gasteiger partial charge >= 0.3 is 0 Å². The Morgan fingerprint density at radius 3 is 2.59 bits per heavy atom. The zero-order chi connectivity index (χ0) is 22.7. The molecule has 0 unspecified atom stereocenters. The van der Waals surface area contributed by atoms with Crippen molar-refractivity contribution in [1.29, 1.82) is 0 Å². The maximum Gasteiger partial charge on any atom is 0.282 e. The highest BCUT2D eigenvalue weighted by atomic mass is 32.1. The SMILES string of the molecule is COc1ccc(-c2nc3cc(NC(=S)NC(=O)c4ccccc4[N+](=O)[O-])ccc3o2)cc1. The van der Waals surface area contributed by atoms with Crippen LogP contribution < -0.4 is 15.4 Å². The average molecular weight is 448 g/mol. The van der Waals surface area contributed by atoms with Crippen LogP contribution in [-0.4, -0.2) is 28.0 Å². The number of anilines is 1. The zero-order valence-electron chi connectivity index (χ0n) is 16.7. The first kappa shape index (κ1) is 20.9. The largest absolute Gasteiger partial charge is 0.497 e. The van der Waals surface area contributed by atoms with Crippen LogP contribution in [0.25, 0.3) is 22.6 Å². The summed E-state index contributed by atoms with van der Waals surface area (Å²) in [4.78, 5) is 27.4. The van der Waals surface area contributed by atoms with E-state index in [1.807, 2.05) is 24.3 Å². The Balaban J connectivity index is 1.48. The maximum atomic E-state index is 12.4. The number of carbonyl (C=O) groups is 1. The lowest BCUT2D eigenvalue weighted by molar-refractivity contribution is -0.385. The summed E-state index contributed by atoms with van der Waals surface area (Å²) in [5.74, 6) is 0.499. The van der Waals surface area contributed by atoms with Gasteiger partial charge in [-0.2, -0.15) is 0 Å². The van der Waals surface area contributed by atoms with Crippen molar-refractivity contribution in [1.82, 2.24) is 10.3 Å². The normalized spacial score (nSPS) is 10.5. The number of ether oxygens (including phenoxy) is 1. The van der Waals surface area contributed by atoms with E-state index >= 15 is 0 Å². The van der Waals surface area contributed by atoms with Crippen molar-refractivity contribution in [2.75, 3.05) is 12.4 Å². The molecule has 0 aliphatic carbocycles. The number of aromatic nitrogens is 1. The van der Waals surface area contributed by atoms with Crippen molar-refractivity contribution < 1.29 is 18.9 Å². The Labute approximate surface area is 187 Å². The van der Waals surface area contributed by atoms with Gasteiger partial charge in [0.1, 0.15) is 16.8 Å². The number of methoxy groups -OCH3 is 1. The average Bonchev–Trinajstić information content (AvgIpc) is 3.22. The van der Waals surface area contributed by atoms with Crippen LogP contribution in [0.1, 0.15) is 10.4 Å². The summed E-state index contributed by atoms with van der Waals surface area (Å²) >= 11 is 5.18. The van der Waals surface area contributed by atoms with Crippen molar-refractivity contribution >= 4 is 45.7 Å². The number of hydrogen-bond donors (Lipinski definition) is 2. The van der Waals surface area contributed by atoms with E-state index in [0.717, 1.165) is 11.3 Å². The Morgan fingerprint density at radius 2 is 1.88 bits per heavy atom. The number of amides is 1. The number of carbonyl (C=O) groups excluding carboxylic acids is 1. The molecule has 0 bridgehead atoms. The molecule has 0 fully saturated rings. The lowest BCUT2D eigenvalue weighted by Crippen LogP contribution is -2.34. The minimum atomic E-state index is -0.681. The van der Waals surface area contributed by atoms with E-state index < -0.39 is 10.8 Å². The van der Waals surface area contributed by atoms with Crippen molar-refractivity contribution in [2.45, 2.75) is 0 Å². The van der Waals surface area contributed by atoms with Crippen LogP contribution in [0.4, 0.5) is 11.4 Å². The van der Waals surface area contributed by atoms with E-state index in [-0.39, 0.29) is 16.4 Å². The van der Waals surface area contributed by atoms with Crippen molar-refractivity contribution in [2.24, 2.45) is 0 Å². The molecule has 4 rings (SSSR count). The molecule has 0 atom stereocenters. The van der Waals surface area contributed by atoms with Gasteiger partial charge in [-0.05, 0) is 60.7 Å². The number of nitro groups is 1. The van der Waals surface area contributed by atoms with Gasteiger partial charge in [-0.1, -0.05) is 12.1 Å². The van der Waals surface area contributed by atoms with Crippen LogP contribution in [0.15, 0.2) is 71.1 Å². The Bertz CT molecular complexity index is 1330. The fourth-order valence-corrected chi connectivity index (χ4v) is 3.23. The molecule has 1 heterocycles. The number of nitrogens with one attached hydrogen (secondary N) is 2. The second-order valence-electron chi connectivity index (χ2n) is 6.61. The van der Waals surface area contributed by atoms with E-state index in [1.165, 1.54) is 24.3 Å². The molecule has 9 nitrogen and oxygen atoms in total. The molecule has 10 heteroatoms. The third kappa shape index (κ3) is 4.40. The third-order valence-corrected chi connectivity index (χ3v) is 4.76. The molecule has 0 aliphatic heterocycles. The van der Waals surface area contributed by atoms with E-state index in [4.69, 9.17) is 21.4 Å². The summed E-state index contributed by atoms with van der Waals surface area (Å²) in [6.45, 7) is 0. The standard InChI is InChI=1S/C22H16N4O5S/c1-30-15-9-6-13(7-10-15)21-24-17-12-14(8-11-19(17)31-21)23-22(32)25-20(27)16-4-2-3-5-18(16)26(28)29/h2-12H,1H3,(H2,23,25,27,32). The molecule has 1 amide bonds. The Hall–Kier alpha value is -4.31. The number of fused-ring (bicyclic) bond motifs is 1. The molecule has 0 aliphatic rings. The minimum Gasteiger partial charge on any atom is -0.497 e. The first-order valence-corrected chi connectivity index (χ1v) is 9.76. The fraction of sp³-hybridized carbons (Fsp3) is 0.0455. The van der Waals surface area contributed by atoms with E-state index in [9.17, 15) is 14.9 Å². The first-order chi connectivity index (χ1) is 15.4. The molecule has 3 aromatic carbocycles.